The molecule has 102 valence electrons. The highest BCUT2D eigenvalue weighted by molar-refractivity contribution is 14.1. The molecule has 2 atom stereocenters. The van der Waals surface area contributed by atoms with Crippen LogP contribution in [0, 0.1) is 3.57 Å². The molecule has 1 N–H and O–H groups in total. The first-order valence-corrected chi connectivity index (χ1v) is 6.99. The fourth-order valence-electron chi connectivity index (χ4n) is 2.06. The van der Waals surface area contributed by atoms with E-state index < -0.39 is 12.1 Å². The molecule has 1 aliphatic heterocycles. The van der Waals surface area contributed by atoms with Crippen LogP contribution in [-0.2, 0) is 9.53 Å². The monoisotopic (exact) mass is 375 g/mol. The van der Waals surface area contributed by atoms with Gasteiger partial charge in [0, 0.05) is 10.1 Å². The SMILES string of the molecule is C[C@@H]1CN(C(=O)c2ccccc2I)CC(C(=O)O)O1. The van der Waals surface area contributed by atoms with Crippen molar-refractivity contribution in [3.8, 4) is 0 Å². The highest BCUT2D eigenvalue weighted by Gasteiger charge is 2.33. The van der Waals surface area contributed by atoms with E-state index in [1.54, 1.807) is 24.0 Å². The number of benzene rings is 1. The summed E-state index contributed by atoms with van der Waals surface area (Å²) < 4.78 is 6.16. The number of carbonyl (C=O) groups excluding carboxylic acids is 1. The van der Waals surface area contributed by atoms with Crippen LogP contribution in [0.2, 0.25) is 0 Å². The van der Waals surface area contributed by atoms with E-state index in [1.165, 1.54) is 0 Å². The predicted molar refractivity (Wildman–Crippen MR) is 77.0 cm³/mol. The number of hydrogen-bond donors (Lipinski definition) is 1. The number of amides is 1. The van der Waals surface area contributed by atoms with E-state index in [2.05, 4.69) is 22.6 Å². The molecular weight excluding hydrogens is 361 g/mol. The van der Waals surface area contributed by atoms with Gasteiger partial charge in [0.15, 0.2) is 6.10 Å². The van der Waals surface area contributed by atoms with Crippen molar-refractivity contribution in [1.29, 1.82) is 0 Å². The molecule has 0 saturated carbocycles. The van der Waals surface area contributed by atoms with Crippen LogP contribution in [0.4, 0.5) is 0 Å². The molecule has 2 rings (SSSR count). The minimum Gasteiger partial charge on any atom is -0.479 e. The number of halogens is 1. The first kappa shape index (κ1) is 14.3. The number of ether oxygens (including phenoxy) is 1. The lowest BCUT2D eigenvalue weighted by Crippen LogP contribution is -2.51. The number of morpholine rings is 1. The van der Waals surface area contributed by atoms with Gasteiger partial charge in [-0.3, -0.25) is 4.79 Å². The molecule has 1 fully saturated rings. The van der Waals surface area contributed by atoms with Gasteiger partial charge in [-0.2, -0.15) is 0 Å². The number of aliphatic carboxylic acids is 1. The van der Waals surface area contributed by atoms with Crippen molar-refractivity contribution < 1.29 is 19.4 Å². The largest absolute Gasteiger partial charge is 0.479 e. The van der Waals surface area contributed by atoms with Gasteiger partial charge in [-0.1, -0.05) is 12.1 Å². The Labute approximate surface area is 124 Å². The molecule has 0 radical (unpaired) electrons. The molecule has 0 spiro atoms. The first-order valence-electron chi connectivity index (χ1n) is 5.91. The average Bonchev–Trinajstić information content (AvgIpc) is 2.37. The third-order valence-corrected chi connectivity index (χ3v) is 3.87. The maximum Gasteiger partial charge on any atom is 0.334 e. The fraction of sp³-hybridized carbons (Fsp3) is 0.385. The number of carbonyl (C=O) groups is 2. The molecule has 1 amide bonds. The summed E-state index contributed by atoms with van der Waals surface area (Å²) in [5.74, 6) is -1.18. The van der Waals surface area contributed by atoms with Crippen LogP contribution in [0.3, 0.4) is 0 Å². The van der Waals surface area contributed by atoms with E-state index in [0.717, 1.165) is 3.57 Å². The number of carboxylic acids is 1. The van der Waals surface area contributed by atoms with Gasteiger partial charge in [0.1, 0.15) is 0 Å². The van der Waals surface area contributed by atoms with Gasteiger partial charge < -0.3 is 14.7 Å². The molecule has 0 aromatic heterocycles. The second-order valence-corrected chi connectivity index (χ2v) is 5.63. The normalized spacial score (nSPS) is 23.2. The number of rotatable bonds is 2. The van der Waals surface area contributed by atoms with Gasteiger partial charge in [-0.05, 0) is 41.6 Å². The van der Waals surface area contributed by atoms with Gasteiger partial charge in [-0.25, -0.2) is 4.79 Å². The second kappa shape index (κ2) is 5.87. The molecule has 1 aromatic carbocycles. The van der Waals surface area contributed by atoms with Gasteiger partial charge in [0.25, 0.3) is 5.91 Å². The Bertz CT molecular complexity index is 505. The summed E-state index contributed by atoms with van der Waals surface area (Å²) in [6.45, 7) is 2.27. The summed E-state index contributed by atoms with van der Waals surface area (Å²) in [7, 11) is 0. The van der Waals surface area contributed by atoms with Crippen LogP contribution in [0.25, 0.3) is 0 Å². The average molecular weight is 375 g/mol. The maximum atomic E-state index is 12.4. The molecule has 0 aliphatic carbocycles. The molecule has 1 unspecified atom stereocenters. The Morgan fingerprint density at radius 2 is 2.05 bits per heavy atom. The Balaban J connectivity index is 2.19. The molecule has 0 bridgehead atoms. The van der Waals surface area contributed by atoms with E-state index in [-0.39, 0.29) is 18.6 Å². The van der Waals surface area contributed by atoms with Crippen molar-refractivity contribution in [1.82, 2.24) is 4.90 Å². The Morgan fingerprint density at radius 1 is 1.37 bits per heavy atom. The zero-order valence-corrected chi connectivity index (χ0v) is 12.5. The van der Waals surface area contributed by atoms with Gasteiger partial charge in [0.2, 0.25) is 0 Å². The van der Waals surface area contributed by atoms with Crippen molar-refractivity contribution in [2.75, 3.05) is 13.1 Å². The quantitative estimate of drug-likeness (QED) is 0.798. The van der Waals surface area contributed by atoms with Crippen LogP contribution < -0.4 is 0 Å². The summed E-state index contributed by atoms with van der Waals surface area (Å²) in [6.07, 6.45) is -1.23. The minimum absolute atomic E-state index is 0.0868. The van der Waals surface area contributed by atoms with Crippen LogP contribution in [0.1, 0.15) is 17.3 Å². The van der Waals surface area contributed by atoms with Crippen LogP contribution in [-0.4, -0.2) is 47.2 Å². The third kappa shape index (κ3) is 3.24. The van der Waals surface area contributed by atoms with E-state index in [0.29, 0.717) is 12.1 Å². The molecule has 19 heavy (non-hydrogen) atoms. The summed E-state index contributed by atoms with van der Waals surface area (Å²) in [5, 5.41) is 9.02. The molecule has 1 saturated heterocycles. The van der Waals surface area contributed by atoms with Crippen LogP contribution in [0.15, 0.2) is 24.3 Å². The second-order valence-electron chi connectivity index (χ2n) is 4.46. The summed E-state index contributed by atoms with van der Waals surface area (Å²) >= 11 is 2.10. The summed E-state index contributed by atoms with van der Waals surface area (Å²) in [6, 6.07) is 7.26. The number of nitrogens with zero attached hydrogens (tertiary/aromatic N) is 1. The van der Waals surface area contributed by atoms with E-state index in [1.807, 2.05) is 12.1 Å². The summed E-state index contributed by atoms with van der Waals surface area (Å²) in [4.78, 5) is 25.0. The summed E-state index contributed by atoms with van der Waals surface area (Å²) in [5.41, 5.74) is 0.598. The smallest absolute Gasteiger partial charge is 0.334 e. The number of carboxylic acid groups (broad SMARTS) is 1. The minimum atomic E-state index is -1.04. The molecule has 6 heteroatoms. The zero-order valence-electron chi connectivity index (χ0n) is 10.4. The highest BCUT2D eigenvalue weighted by Crippen LogP contribution is 2.18. The van der Waals surface area contributed by atoms with Crippen molar-refractivity contribution >= 4 is 34.5 Å². The first-order chi connectivity index (χ1) is 8.99. The lowest BCUT2D eigenvalue weighted by Gasteiger charge is -2.35. The molecular formula is C13H14INO4. The molecule has 1 aliphatic rings. The maximum absolute atomic E-state index is 12.4. The standard InChI is InChI=1S/C13H14INO4/c1-8-6-15(7-11(19-8)13(17)18)12(16)9-4-2-3-5-10(9)14/h2-5,8,11H,6-7H2,1H3,(H,17,18)/t8-,11?/m1/s1. The van der Waals surface area contributed by atoms with Gasteiger partial charge in [-0.15, -0.1) is 0 Å². The lowest BCUT2D eigenvalue weighted by atomic mass is 10.1. The van der Waals surface area contributed by atoms with E-state index in [9.17, 15) is 9.59 Å². The Kier molecular flexibility index (Phi) is 4.41. The molecule has 5 nitrogen and oxygen atoms in total. The lowest BCUT2D eigenvalue weighted by molar-refractivity contribution is -0.160. The van der Waals surface area contributed by atoms with Crippen LogP contribution in [0.5, 0.6) is 0 Å². The molecule has 1 heterocycles. The number of hydrogen-bond acceptors (Lipinski definition) is 3. The molecule has 1 aromatic rings. The predicted octanol–water partition coefficient (Wildman–Crippen LogP) is 1.61. The van der Waals surface area contributed by atoms with Crippen LogP contribution >= 0.6 is 22.6 Å². The highest BCUT2D eigenvalue weighted by atomic mass is 127. The van der Waals surface area contributed by atoms with Gasteiger partial charge >= 0.3 is 5.97 Å². The third-order valence-electron chi connectivity index (χ3n) is 2.93. The van der Waals surface area contributed by atoms with Crippen molar-refractivity contribution in [3.05, 3.63) is 33.4 Å². The zero-order chi connectivity index (χ0) is 14.0. The van der Waals surface area contributed by atoms with Gasteiger partial charge in [0.05, 0.1) is 18.2 Å². The Morgan fingerprint density at radius 3 is 2.68 bits per heavy atom. The Hall–Kier alpha value is -1.15. The fourth-order valence-corrected chi connectivity index (χ4v) is 2.68. The van der Waals surface area contributed by atoms with Crippen molar-refractivity contribution in [3.63, 3.8) is 0 Å². The van der Waals surface area contributed by atoms with Crippen molar-refractivity contribution in [2.45, 2.75) is 19.1 Å². The van der Waals surface area contributed by atoms with Crippen molar-refractivity contribution in [2.24, 2.45) is 0 Å². The van der Waals surface area contributed by atoms with E-state index in [4.69, 9.17) is 9.84 Å². The topological polar surface area (TPSA) is 66.8 Å². The van der Waals surface area contributed by atoms with E-state index >= 15 is 0 Å².